The number of para-hydroxylation sites is 2. The highest BCUT2D eigenvalue weighted by Gasteiger charge is 2.46. The first kappa shape index (κ1) is 20.2. The van der Waals surface area contributed by atoms with Gasteiger partial charge in [0.1, 0.15) is 11.5 Å². The van der Waals surface area contributed by atoms with Crippen LogP contribution in [0.4, 0.5) is 11.4 Å². The van der Waals surface area contributed by atoms with E-state index in [0.717, 1.165) is 22.6 Å². The van der Waals surface area contributed by atoms with Crippen molar-refractivity contribution in [2.75, 3.05) is 17.3 Å². The van der Waals surface area contributed by atoms with Crippen molar-refractivity contribution < 1.29 is 14.3 Å². The molecule has 5 nitrogen and oxygen atoms in total. The van der Waals surface area contributed by atoms with E-state index in [1.807, 2.05) is 55.5 Å². The van der Waals surface area contributed by atoms with Crippen LogP contribution in [0.5, 0.6) is 5.75 Å². The molecule has 30 heavy (non-hydrogen) atoms. The van der Waals surface area contributed by atoms with E-state index in [-0.39, 0.29) is 17.1 Å². The molecule has 1 aliphatic carbocycles. The number of ketones is 1. The first-order chi connectivity index (χ1) is 14.3. The number of rotatable bonds is 3. The molecule has 2 aromatic carbocycles. The quantitative estimate of drug-likeness (QED) is 0.773. The Morgan fingerprint density at radius 3 is 2.70 bits per heavy atom. The summed E-state index contributed by atoms with van der Waals surface area (Å²) >= 11 is 0. The van der Waals surface area contributed by atoms with E-state index in [4.69, 9.17) is 4.74 Å². The van der Waals surface area contributed by atoms with Gasteiger partial charge in [-0.15, -0.1) is 0 Å². The Bertz CT molecular complexity index is 1020. The molecule has 1 N–H and O–H groups in total. The van der Waals surface area contributed by atoms with E-state index in [1.54, 1.807) is 12.0 Å². The smallest absolute Gasteiger partial charge is 0.227 e. The van der Waals surface area contributed by atoms with Gasteiger partial charge in [-0.05, 0) is 35.2 Å². The summed E-state index contributed by atoms with van der Waals surface area (Å²) in [6.07, 6.45) is 2.94. The maximum absolute atomic E-state index is 13.5. The van der Waals surface area contributed by atoms with Gasteiger partial charge in [-0.3, -0.25) is 9.59 Å². The van der Waals surface area contributed by atoms with Gasteiger partial charge in [0.05, 0.1) is 30.4 Å². The van der Waals surface area contributed by atoms with Crippen molar-refractivity contribution in [1.29, 1.82) is 0 Å². The average molecular weight is 405 g/mol. The molecule has 1 amide bonds. The maximum Gasteiger partial charge on any atom is 0.227 e. The number of Topliss-reactive ketones (excluding diaryl/α,β-unsaturated/α-hetero) is 1. The fourth-order valence-electron chi connectivity index (χ4n) is 4.62. The predicted octanol–water partition coefficient (Wildman–Crippen LogP) is 5.10. The Balaban J connectivity index is 2.00. The van der Waals surface area contributed by atoms with E-state index in [2.05, 4.69) is 25.2 Å². The summed E-state index contributed by atoms with van der Waals surface area (Å²) < 4.78 is 5.45. The third-order valence-corrected chi connectivity index (χ3v) is 5.90. The zero-order chi connectivity index (χ0) is 21.5. The van der Waals surface area contributed by atoms with Crippen molar-refractivity contribution in [1.82, 2.24) is 0 Å². The Labute approximate surface area is 177 Å². The largest absolute Gasteiger partial charge is 0.497 e. The van der Waals surface area contributed by atoms with Crippen LogP contribution in [-0.4, -0.2) is 18.8 Å². The van der Waals surface area contributed by atoms with Gasteiger partial charge in [0.15, 0.2) is 0 Å². The van der Waals surface area contributed by atoms with Crippen molar-refractivity contribution in [3.63, 3.8) is 0 Å². The number of allylic oxidation sites excluding steroid dienone is 1. The van der Waals surface area contributed by atoms with Gasteiger partial charge >= 0.3 is 0 Å². The number of ether oxygens (including phenoxy) is 1. The fraction of sp³-hybridized carbons (Fsp3) is 0.360. The van der Waals surface area contributed by atoms with Crippen molar-refractivity contribution in [3.05, 3.63) is 65.9 Å². The molecule has 0 spiro atoms. The lowest BCUT2D eigenvalue weighted by atomic mass is 9.72. The summed E-state index contributed by atoms with van der Waals surface area (Å²) in [6, 6.07) is 15.0. The summed E-state index contributed by atoms with van der Waals surface area (Å²) in [4.78, 5) is 28.6. The number of anilines is 2. The highest BCUT2D eigenvalue weighted by atomic mass is 16.5. The minimum absolute atomic E-state index is 0.0176. The minimum Gasteiger partial charge on any atom is -0.497 e. The third kappa shape index (κ3) is 3.49. The highest BCUT2D eigenvalue weighted by molar-refractivity contribution is 6.01. The number of hydrogen-bond donors (Lipinski definition) is 1. The van der Waals surface area contributed by atoms with Crippen LogP contribution in [0.1, 0.15) is 45.2 Å². The molecule has 2 unspecified atom stereocenters. The predicted molar refractivity (Wildman–Crippen MR) is 119 cm³/mol. The van der Waals surface area contributed by atoms with Crippen LogP contribution in [0.3, 0.4) is 0 Å². The average Bonchev–Trinajstić information content (AvgIpc) is 2.86. The summed E-state index contributed by atoms with van der Waals surface area (Å²) in [5, 5.41) is 3.50. The van der Waals surface area contributed by atoms with Gasteiger partial charge in [0, 0.05) is 18.5 Å². The SMILES string of the molecule is CCC(=O)N1c2ccccc2NC2=CC(C)(C)CC(=O)C2C1c1cccc(OC)c1. The molecular formula is C25H28N2O3. The van der Waals surface area contributed by atoms with Crippen LogP contribution in [0, 0.1) is 11.3 Å². The molecule has 0 fully saturated rings. The first-order valence-electron chi connectivity index (χ1n) is 10.4. The van der Waals surface area contributed by atoms with E-state index >= 15 is 0 Å². The lowest BCUT2D eigenvalue weighted by Gasteiger charge is -2.39. The van der Waals surface area contributed by atoms with Crippen molar-refractivity contribution in [3.8, 4) is 5.75 Å². The summed E-state index contributed by atoms with van der Waals surface area (Å²) in [7, 11) is 1.62. The summed E-state index contributed by atoms with van der Waals surface area (Å²) in [5.74, 6) is 0.361. The highest BCUT2D eigenvalue weighted by Crippen LogP contribution is 2.48. The second-order valence-corrected chi connectivity index (χ2v) is 8.69. The number of methoxy groups -OCH3 is 1. The number of nitrogens with one attached hydrogen (secondary N) is 1. The van der Waals surface area contributed by atoms with Crippen LogP contribution < -0.4 is 15.0 Å². The standard InChI is InChI=1S/C25H28N2O3/c1-5-22(29)27-20-12-7-6-11-18(20)26-19-14-25(2,3)15-21(28)23(19)24(27)16-9-8-10-17(13-16)30-4/h6-14,23-24,26H,5,15H2,1-4H3. The fourth-order valence-corrected chi connectivity index (χ4v) is 4.62. The molecule has 0 aromatic heterocycles. The topological polar surface area (TPSA) is 58.6 Å². The lowest BCUT2D eigenvalue weighted by Crippen LogP contribution is -2.43. The molecule has 2 aromatic rings. The molecule has 0 radical (unpaired) electrons. The number of fused-ring (bicyclic) bond motifs is 2. The second-order valence-electron chi connectivity index (χ2n) is 8.69. The normalized spacial score (nSPS) is 22.2. The monoisotopic (exact) mass is 404 g/mol. The number of carbonyl (C=O) groups excluding carboxylic acids is 2. The molecule has 5 heteroatoms. The number of carbonyl (C=O) groups is 2. The van der Waals surface area contributed by atoms with E-state index in [9.17, 15) is 9.59 Å². The van der Waals surface area contributed by atoms with Crippen LogP contribution in [0.15, 0.2) is 60.3 Å². The van der Waals surface area contributed by atoms with E-state index in [1.165, 1.54) is 0 Å². The van der Waals surface area contributed by atoms with Gasteiger partial charge in [-0.2, -0.15) is 0 Å². The maximum atomic E-state index is 13.5. The van der Waals surface area contributed by atoms with Crippen molar-refractivity contribution in [2.45, 2.75) is 39.7 Å². The summed E-state index contributed by atoms with van der Waals surface area (Å²) in [6.45, 7) is 6.00. The molecular weight excluding hydrogens is 376 g/mol. The molecule has 2 atom stereocenters. The zero-order valence-electron chi connectivity index (χ0n) is 17.9. The molecule has 156 valence electrons. The van der Waals surface area contributed by atoms with E-state index in [0.29, 0.717) is 18.6 Å². The van der Waals surface area contributed by atoms with Crippen molar-refractivity contribution in [2.24, 2.45) is 11.3 Å². The van der Waals surface area contributed by atoms with Gasteiger partial charge in [0.25, 0.3) is 0 Å². The molecule has 2 aliphatic rings. The Morgan fingerprint density at radius 2 is 1.97 bits per heavy atom. The van der Waals surface area contributed by atoms with Gasteiger partial charge in [-0.25, -0.2) is 0 Å². The summed E-state index contributed by atoms with van der Waals surface area (Å²) in [5.41, 5.74) is 3.14. The number of hydrogen-bond acceptors (Lipinski definition) is 4. The lowest BCUT2D eigenvalue weighted by molar-refractivity contribution is -0.125. The van der Waals surface area contributed by atoms with Crippen molar-refractivity contribution >= 4 is 23.1 Å². The zero-order valence-corrected chi connectivity index (χ0v) is 17.9. The molecule has 1 aliphatic heterocycles. The van der Waals surface area contributed by atoms with Gasteiger partial charge < -0.3 is 15.0 Å². The van der Waals surface area contributed by atoms with Crippen LogP contribution >= 0.6 is 0 Å². The molecule has 0 bridgehead atoms. The number of nitrogens with zero attached hydrogens (tertiary/aromatic N) is 1. The van der Waals surface area contributed by atoms with E-state index < -0.39 is 12.0 Å². The first-order valence-corrected chi connectivity index (χ1v) is 10.4. The van der Waals surface area contributed by atoms with Crippen LogP contribution in [-0.2, 0) is 9.59 Å². The number of amides is 1. The van der Waals surface area contributed by atoms with Crippen LogP contribution in [0.2, 0.25) is 0 Å². The van der Waals surface area contributed by atoms with Gasteiger partial charge in [-0.1, -0.05) is 51.1 Å². The van der Waals surface area contributed by atoms with Crippen LogP contribution in [0.25, 0.3) is 0 Å². The Hall–Kier alpha value is -3.08. The Morgan fingerprint density at radius 1 is 1.20 bits per heavy atom. The molecule has 1 heterocycles. The van der Waals surface area contributed by atoms with Gasteiger partial charge in [0.2, 0.25) is 5.91 Å². The second kappa shape index (κ2) is 7.63. The molecule has 4 rings (SSSR count). The molecule has 0 saturated heterocycles. The third-order valence-electron chi connectivity index (χ3n) is 5.90. The molecule has 0 saturated carbocycles. The minimum atomic E-state index is -0.465. The number of benzene rings is 2. The Kier molecular flexibility index (Phi) is 5.14.